The highest BCUT2D eigenvalue weighted by Crippen LogP contribution is 2.08. The molecule has 0 saturated carbocycles. The number of amides is 1. The van der Waals surface area contributed by atoms with Crippen LogP contribution < -0.4 is 0 Å². The minimum absolute atomic E-state index is 0.487. The topological polar surface area (TPSA) is 23.6 Å². The number of piperazine rings is 1. The fourth-order valence-electron chi connectivity index (χ4n) is 1.61. The van der Waals surface area contributed by atoms with Gasteiger partial charge in [-0.15, -0.1) is 0 Å². The molecule has 0 unspecified atom stereocenters. The number of halogens is 1. The van der Waals surface area contributed by atoms with E-state index in [1.54, 1.807) is 0 Å². The van der Waals surface area contributed by atoms with E-state index in [1.165, 1.54) is 4.90 Å². The van der Waals surface area contributed by atoms with Gasteiger partial charge in [0, 0.05) is 32.2 Å². The van der Waals surface area contributed by atoms with Crippen molar-refractivity contribution in [3.05, 3.63) is 12.4 Å². The van der Waals surface area contributed by atoms with Crippen LogP contribution in [0.3, 0.4) is 0 Å². The molecule has 0 aromatic heterocycles. The number of carbonyl (C=O) groups excluding carboxylic acids is 1. The van der Waals surface area contributed by atoms with Crippen molar-refractivity contribution in [1.29, 1.82) is 0 Å². The Kier molecular flexibility index (Phi) is 3.63. The first kappa shape index (κ1) is 11.2. The summed E-state index contributed by atoms with van der Waals surface area (Å²) in [5.41, 5.74) is 0. The van der Waals surface area contributed by atoms with Crippen molar-refractivity contribution in [2.45, 2.75) is 19.9 Å². The Morgan fingerprint density at radius 1 is 1.29 bits per heavy atom. The van der Waals surface area contributed by atoms with Crippen LogP contribution in [0, 0.1) is 0 Å². The molecule has 14 heavy (non-hydrogen) atoms. The van der Waals surface area contributed by atoms with Crippen molar-refractivity contribution in [2.75, 3.05) is 26.2 Å². The predicted octanol–water partition coefficient (Wildman–Crippen LogP) is 1.02. The molecule has 0 aliphatic carbocycles. The number of hydrogen-bond acceptors (Lipinski definition) is 2. The van der Waals surface area contributed by atoms with Gasteiger partial charge in [0.25, 0.3) is 5.91 Å². The Labute approximate surface area is 84.2 Å². The summed E-state index contributed by atoms with van der Waals surface area (Å²) in [7, 11) is 0. The number of nitrogens with zero attached hydrogens (tertiary/aromatic N) is 2. The summed E-state index contributed by atoms with van der Waals surface area (Å²) in [6.45, 7) is 10.1. The molecule has 0 aromatic carbocycles. The molecule has 1 amide bonds. The van der Waals surface area contributed by atoms with Crippen LogP contribution >= 0.6 is 0 Å². The molecule has 0 radical (unpaired) electrons. The first-order valence-electron chi connectivity index (χ1n) is 4.90. The Bertz CT molecular complexity index is 232. The van der Waals surface area contributed by atoms with E-state index in [9.17, 15) is 9.18 Å². The van der Waals surface area contributed by atoms with Gasteiger partial charge >= 0.3 is 0 Å². The highest BCUT2D eigenvalue weighted by Gasteiger charge is 2.23. The van der Waals surface area contributed by atoms with E-state index in [0.29, 0.717) is 19.1 Å². The van der Waals surface area contributed by atoms with Crippen LogP contribution in [-0.2, 0) is 4.79 Å². The lowest BCUT2D eigenvalue weighted by Crippen LogP contribution is -2.50. The van der Waals surface area contributed by atoms with E-state index in [0.717, 1.165) is 13.1 Å². The Morgan fingerprint density at radius 3 is 2.14 bits per heavy atom. The highest BCUT2D eigenvalue weighted by molar-refractivity contribution is 5.90. The minimum Gasteiger partial charge on any atom is -0.334 e. The van der Waals surface area contributed by atoms with Gasteiger partial charge in [0.15, 0.2) is 5.83 Å². The molecule has 4 heteroatoms. The molecule has 1 rings (SSSR count). The summed E-state index contributed by atoms with van der Waals surface area (Å²) in [4.78, 5) is 15.0. The molecule has 0 aromatic rings. The summed E-state index contributed by atoms with van der Waals surface area (Å²) in [5.74, 6) is -1.42. The van der Waals surface area contributed by atoms with Crippen molar-refractivity contribution < 1.29 is 9.18 Å². The van der Waals surface area contributed by atoms with Crippen LogP contribution in [0.2, 0.25) is 0 Å². The fraction of sp³-hybridized carbons (Fsp3) is 0.700. The average Bonchev–Trinajstić information content (AvgIpc) is 2.16. The zero-order valence-electron chi connectivity index (χ0n) is 8.79. The Morgan fingerprint density at radius 2 is 1.79 bits per heavy atom. The molecule has 1 aliphatic rings. The quantitative estimate of drug-likeness (QED) is 0.621. The fourth-order valence-corrected chi connectivity index (χ4v) is 1.61. The molecule has 0 bridgehead atoms. The average molecular weight is 200 g/mol. The summed E-state index contributed by atoms with van der Waals surface area (Å²) in [5, 5.41) is 0. The van der Waals surface area contributed by atoms with Crippen LogP contribution in [0.1, 0.15) is 13.8 Å². The maximum atomic E-state index is 12.5. The molecule has 1 saturated heterocycles. The van der Waals surface area contributed by atoms with E-state index in [-0.39, 0.29) is 0 Å². The van der Waals surface area contributed by atoms with E-state index in [2.05, 4.69) is 25.3 Å². The summed E-state index contributed by atoms with van der Waals surface area (Å²) >= 11 is 0. The second-order valence-corrected chi connectivity index (χ2v) is 3.83. The van der Waals surface area contributed by atoms with E-state index >= 15 is 0 Å². The lowest BCUT2D eigenvalue weighted by molar-refractivity contribution is -0.130. The third-order valence-electron chi connectivity index (χ3n) is 2.56. The lowest BCUT2D eigenvalue weighted by Gasteiger charge is -2.36. The Balaban J connectivity index is 2.43. The smallest absolute Gasteiger partial charge is 0.282 e. The molecule has 1 fully saturated rings. The largest absolute Gasteiger partial charge is 0.334 e. The predicted molar refractivity (Wildman–Crippen MR) is 53.5 cm³/mol. The molecule has 80 valence electrons. The van der Waals surface area contributed by atoms with Gasteiger partial charge < -0.3 is 4.90 Å². The normalized spacial score (nSPS) is 18.7. The molecular formula is C10H17FN2O. The Hall–Kier alpha value is -0.900. The van der Waals surface area contributed by atoms with Gasteiger partial charge in [0.2, 0.25) is 0 Å². The third-order valence-corrected chi connectivity index (χ3v) is 2.56. The van der Waals surface area contributed by atoms with Gasteiger partial charge in [-0.25, -0.2) is 4.39 Å². The molecule has 0 spiro atoms. The van der Waals surface area contributed by atoms with Gasteiger partial charge in [0.1, 0.15) is 0 Å². The van der Waals surface area contributed by atoms with Gasteiger partial charge in [-0.3, -0.25) is 9.69 Å². The zero-order valence-corrected chi connectivity index (χ0v) is 8.79. The lowest BCUT2D eigenvalue weighted by atomic mass is 10.2. The molecule has 0 atom stereocenters. The SMILES string of the molecule is C=C(F)C(=O)N1CCN(C(C)C)CC1. The monoisotopic (exact) mass is 200 g/mol. The molecule has 1 aliphatic heterocycles. The number of hydrogen-bond donors (Lipinski definition) is 0. The van der Waals surface area contributed by atoms with Gasteiger partial charge in [-0.1, -0.05) is 6.58 Å². The minimum atomic E-state index is -0.858. The standard InChI is InChI=1S/C10H17FN2O/c1-8(2)12-4-6-13(7-5-12)10(14)9(3)11/h8H,3-7H2,1-2H3. The number of rotatable bonds is 2. The van der Waals surface area contributed by atoms with Crippen LogP contribution in [0.5, 0.6) is 0 Å². The number of carbonyl (C=O) groups is 1. The molecule has 1 heterocycles. The highest BCUT2D eigenvalue weighted by atomic mass is 19.1. The van der Waals surface area contributed by atoms with Gasteiger partial charge in [0.05, 0.1) is 0 Å². The van der Waals surface area contributed by atoms with E-state index < -0.39 is 11.7 Å². The summed E-state index contributed by atoms with van der Waals surface area (Å²) in [6, 6.07) is 0.487. The first-order chi connectivity index (χ1) is 6.52. The van der Waals surface area contributed by atoms with Crippen LogP contribution in [0.15, 0.2) is 12.4 Å². The summed E-state index contributed by atoms with van der Waals surface area (Å²) < 4.78 is 12.5. The van der Waals surface area contributed by atoms with E-state index in [4.69, 9.17) is 0 Å². The van der Waals surface area contributed by atoms with Crippen molar-refractivity contribution in [1.82, 2.24) is 9.80 Å². The second kappa shape index (κ2) is 4.55. The van der Waals surface area contributed by atoms with E-state index in [1.807, 2.05) is 0 Å². The molecule has 0 N–H and O–H groups in total. The maximum absolute atomic E-state index is 12.5. The third kappa shape index (κ3) is 2.54. The van der Waals surface area contributed by atoms with Crippen molar-refractivity contribution in [3.8, 4) is 0 Å². The zero-order chi connectivity index (χ0) is 10.7. The first-order valence-corrected chi connectivity index (χ1v) is 4.90. The molecular weight excluding hydrogens is 183 g/mol. The van der Waals surface area contributed by atoms with Crippen LogP contribution in [0.25, 0.3) is 0 Å². The van der Waals surface area contributed by atoms with Crippen LogP contribution in [0.4, 0.5) is 4.39 Å². The van der Waals surface area contributed by atoms with Crippen molar-refractivity contribution in [3.63, 3.8) is 0 Å². The van der Waals surface area contributed by atoms with Crippen molar-refractivity contribution >= 4 is 5.91 Å². The van der Waals surface area contributed by atoms with Crippen molar-refractivity contribution in [2.24, 2.45) is 0 Å². The van der Waals surface area contributed by atoms with Crippen LogP contribution in [-0.4, -0.2) is 47.9 Å². The summed E-state index contributed by atoms with van der Waals surface area (Å²) in [6.07, 6.45) is 0. The second-order valence-electron chi connectivity index (χ2n) is 3.83. The molecule has 3 nitrogen and oxygen atoms in total. The van der Waals surface area contributed by atoms with Gasteiger partial charge in [-0.05, 0) is 13.8 Å². The van der Waals surface area contributed by atoms with Gasteiger partial charge in [-0.2, -0.15) is 0 Å². The maximum Gasteiger partial charge on any atom is 0.282 e.